The molecule has 0 atom stereocenters. The molecule has 4 nitrogen and oxygen atoms in total. The molecule has 3 rings (SSSR count). The van der Waals surface area contributed by atoms with Gasteiger partial charge < -0.3 is 9.47 Å². The van der Waals surface area contributed by atoms with Gasteiger partial charge in [-0.1, -0.05) is 36.6 Å². The molecule has 0 N–H and O–H groups in total. The molecule has 1 amide bonds. The van der Waals surface area contributed by atoms with Crippen molar-refractivity contribution in [3.8, 4) is 0 Å². The summed E-state index contributed by atoms with van der Waals surface area (Å²) in [4.78, 5) is 19.0. The molecule has 2 aromatic rings. The molecule has 0 spiro atoms. The smallest absolute Gasteiger partial charge is 0.226 e. The van der Waals surface area contributed by atoms with Crippen LogP contribution in [0.25, 0.3) is 0 Å². The lowest BCUT2D eigenvalue weighted by molar-refractivity contribution is -0.135. The SMILES string of the molecule is C=CCN(Cc1nccn1Cc1c(F)cccc1Cl)C(=O)C1CCCC1. The third-order valence-corrected chi connectivity index (χ3v) is 5.24. The maximum Gasteiger partial charge on any atom is 0.226 e. The minimum atomic E-state index is -0.345. The van der Waals surface area contributed by atoms with E-state index in [4.69, 9.17) is 11.6 Å². The molecule has 0 unspecified atom stereocenters. The summed E-state index contributed by atoms with van der Waals surface area (Å²) in [5.74, 6) is 0.611. The predicted molar refractivity (Wildman–Crippen MR) is 100 cm³/mol. The van der Waals surface area contributed by atoms with Crippen LogP contribution in [0.5, 0.6) is 0 Å². The molecule has 1 aromatic heterocycles. The molecule has 0 aliphatic heterocycles. The van der Waals surface area contributed by atoms with Gasteiger partial charge in [0.15, 0.2) is 0 Å². The minimum Gasteiger partial charge on any atom is -0.331 e. The van der Waals surface area contributed by atoms with Gasteiger partial charge in [0, 0.05) is 35.4 Å². The van der Waals surface area contributed by atoms with E-state index in [9.17, 15) is 9.18 Å². The number of carbonyl (C=O) groups is 1. The van der Waals surface area contributed by atoms with Crippen molar-refractivity contribution in [2.45, 2.75) is 38.8 Å². The summed E-state index contributed by atoms with van der Waals surface area (Å²) in [6.45, 7) is 4.89. The van der Waals surface area contributed by atoms with Crippen LogP contribution in [-0.2, 0) is 17.9 Å². The summed E-state index contributed by atoms with van der Waals surface area (Å²) in [5.41, 5.74) is 0.422. The highest BCUT2D eigenvalue weighted by atomic mass is 35.5. The number of amides is 1. The van der Waals surface area contributed by atoms with Crippen molar-refractivity contribution >= 4 is 17.5 Å². The van der Waals surface area contributed by atoms with E-state index in [2.05, 4.69) is 11.6 Å². The number of rotatable bonds is 7. The minimum absolute atomic E-state index is 0.0966. The first-order chi connectivity index (χ1) is 12.6. The molecule has 1 aliphatic rings. The zero-order valence-electron chi connectivity index (χ0n) is 14.7. The lowest BCUT2D eigenvalue weighted by Gasteiger charge is -2.24. The van der Waals surface area contributed by atoms with Crippen LogP contribution in [0.2, 0.25) is 5.02 Å². The molecule has 6 heteroatoms. The quantitative estimate of drug-likeness (QED) is 0.671. The second-order valence-corrected chi connectivity index (χ2v) is 7.07. The molecule has 0 radical (unpaired) electrons. The molecule has 138 valence electrons. The largest absolute Gasteiger partial charge is 0.331 e. The van der Waals surface area contributed by atoms with Crippen LogP contribution in [0.1, 0.15) is 37.1 Å². The van der Waals surface area contributed by atoms with E-state index in [1.807, 2.05) is 4.57 Å². The summed E-state index contributed by atoms with van der Waals surface area (Å²) >= 11 is 6.14. The Morgan fingerprint density at radius 3 is 2.88 bits per heavy atom. The second-order valence-electron chi connectivity index (χ2n) is 6.66. The van der Waals surface area contributed by atoms with Crippen molar-refractivity contribution in [2.24, 2.45) is 5.92 Å². The summed E-state index contributed by atoms with van der Waals surface area (Å²) < 4.78 is 15.9. The number of hydrogen-bond acceptors (Lipinski definition) is 2. The first-order valence-corrected chi connectivity index (χ1v) is 9.30. The molecular weight excluding hydrogens is 353 g/mol. The first kappa shape index (κ1) is 18.6. The third-order valence-electron chi connectivity index (χ3n) is 4.89. The number of nitrogens with zero attached hydrogens (tertiary/aromatic N) is 3. The predicted octanol–water partition coefficient (Wildman–Crippen LogP) is 4.43. The van der Waals surface area contributed by atoms with Crippen LogP contribution in [0.4, 0.5) is 4.39 Å². The zero-order valence-corrected chi connectivity index (χ0v) is 15.5. The highest BCUT2D eigenvalue weighted by molar-refractivity contribution is 6.31. The maximum absolute atomic E-state index is 14.1. The van der Waals surface area contributed by atoms with E-state index in [1.165, 1.54) is 6.07 Å². The van der Waals surface area contributed by atoms with Gasteiger partial charge in [-0.15, -0.1) is 6.58 Å². The summed E-state index contributed by atoms with van der Waals surface area (Å²) in [5, 5.41) is 0.384. The van der Waals surface area contributed by atoms with E-state index in [1.54, 1.807) is 35.5 Å². The van der Waals surface area contributed by atoms with Gasteiger partial charge in [0.25, 0.3) is 0 Å². The Hall–Kier alpha value is -2.14. The second kappa shape index (κ2) is 8.49. The van der Waals surface area contributed by atoms with Gasteiger partial charge in [-0.2, -0.15) is 0 Å². The number of halogens is 2. The van der Waals surface area contributed by atoms with Crippen molar-refractivity contribution in [1.29, 1.82) is 0 Å². The number of imidazole rings is 1. The Morgan fingerprint density at radius 2 is 2.19 bits per heavy atom. The van der Waals surface area contributed by atoms with E-state index in [0.29, 0.717) is 29.5 Å². The van der Waals surface area contributed by atoms with Gasteiger partial charge in [-0.25, -0.2) is 9.37 Å². The van der Waals surface area contributed by atoms with Crippen molar-refractivity contribution in [3.63, 3.8) is 0 Å². The first-order valence-electron chi connectivity index (χ1n) is 8.92. The Bertz CT molecular complexity index is 763. The van der Waals surface area contributed by atoms with Crippen molar-refractivity contribution in [2.75, 3.05) is 6.54 Å². The molecule has 1 aromatic carbocycles. The fourth-order valence-corrected chi connectivity index (χ4v) is 3.70. The summed E-state index contributed by atoms with van der Waals surface area (Å²) in [6.07, 6.45) is 9.29. The normalized spacial score (nSPS) is 14.5. The molecule has 26 heavy (non-hydrogen) atoms. The third kappa shape index (κ3) is 4.15. The lowest BCUT2D eigenvalue weighted by atomic mass is 10.1. The van der Waals surface area contributed by atoms with E-state index in [0.717, 1.165) is 25.7 Å². The van der Waals surface area contributed by atoms with E-state index < -0.39 is 0 Å². The monoisotopic (exact) mass is 375 g/mol. The number of carbonyl (C=O) groups excluding carboxylic acids is 1. The number of hydrogen-bond donors (Lipinski definition) is 0. The summed E-state index contributed by atoms with van der Waals surface area (Å²) in [6, 6.07) is 4.65. The Balaban J connectivity index is 1.78. The van der Waals surface area contributed by atoms with Gasteiger partial charge in [-0.3, -0.25) is 4.79 Å². The molecule has 0 bridgehead atoms. The zero-order chi connectivity index (χ0) is 18.5. The maximum atomic E-state index is 14.1. The molecule has 1 saturated carbocycles. The topological polar surface area (TPSA) is 38.1 Å². The summed E-state index contributed by atoms with van der Waals surface area (Å²) in [7, 11) is 0. The van der Waals surface area contributed by atoms with Crippen LogP contribution in [-0.4, -0.2) is 26.9 Å². The Morgan fingerprint density at radius 1 is 1.42 bits per heavy atom. The van der Waals surface area contributed by atoms with E-state index in [-0.39, 0.29) is 24.2 Å². The average molecular weight is 376 g/mol. The molecule has 0 saturated heterocycles. The molecule has 1 fully saturated rings. The van der Waals surface area contributed by atoms with Gasteiger partial charge in [0.05, 0.1) is 13.1 Å². The Labute approximate surface area is 158 Å². The van der Waals surface area contributed by atoms with Crippen LogP contribution < -0.4 is 0 Å². The number of benzene rings is 1. The van der Waals surface area contributed by atoms with Gasteiger partial charge in [0.2, 0.25) is 5.91 Å². The van der Waals surface area contributed by atoms with Crippen molar-refractivity contribution in [3.05, 3.63) is 65.5 Å². The van der Waals surface area contributed by atoms with Crippen LogP contribution in [0.3, 0.4) is 0 Å². The molecule has 1 heterocycles. The van der Waals surface area contributed by atoms with E-state index >= 15 is 0 Å². The fourth-order valence-electron chi connectivity index (χ4n) is 3.48. The van der Waals surface area contributed by atoms with Gasteiger partial charge in [-0.05, 0) is 25.0 Å². The van der Waals surface area contributed by atoms with Crippen molar-refractivity contribution in [1.82, 2.24) is 14.5 Å². The average Bonchev–Trinajstić information content (AvgIpc) is 3.29. The molecular formula is C20H23ClFN3O. The standard InChI is InChI=1S/C20H23ClFN3O/c1-2-11-25(20(26)15-6-3-4-7-15)14-19-23-10-12-24(19)13-16-17(21)8-5-9-18(16)22/h2,5,8-10,12,15H,1,3-4,6-7,11,13-14H2. The highest BCUT2D eigenvalue weighted by Crippen LogP contribution is 2.27. The fraction of sp³-hybridized carbons (Fsp3) is 0.400. The van der Waals surface area contributed by atoms with Gasteiger partial charge in [0.1, 0.15) is 11.6 Å². The van der Waals surface area contributed by atoms with Crippen LogP contribution in [0, 0.1) is 11.7 Å². The number of aromatic nitrogens is 2. The highest BCUT2D eigenvalue weighted by Gasteiger charge is 2.27. The van der Waals surface area contributed by atoms with Gasteiger partial charge >= 0.3 is 0 Å². The lowest BCUT2D eigenvalue weighted by Crippen LogP contribution is -2.36. The Kier molecular flexibility index (Phi) is 6.09. The van der Waals surface area contributed by atoms with Crippen LogP contribution >= 0.6 is 11.6 Å². The molecule has 1 aliphatic carbocycles. The van der Waals surface area contributed by atoms with Crippen molar-refractivity contribution < 1.29 is 9.18 Å². The van der Waals surface area contributed by atoms with Crippen LogP contribution in [0.15, 0.2) is 43.2 Å².